The highest BCUT2D eigenvalue weighted by atomic mass is 35.5. The van der Waals surface area contributed by atoms with Gasteiger partial charge in [-0.1, -0.05) is 0 Å². The van der Waals surface area contributed by atoms with Crippen LogP contribution in [0.5, 0.6) is 0 Å². The fourth-order valence-corrected chi connectivity index (χ4v) is 3.51. The number of methoxy groups -OCH3 is 1. The first-order valence-electron chi connectivity index (χ1n) is 5.66. The number of rotatable bonds is 5. The van der Waals surface area contributed by atoms with Crippen LogP contribution in [0.2, 0.25) is 0 Å². The fraction of sp³-hybridized carbons (Fsp3) is 1.00. The molecule has 0 radical (unpaired) electrons. The van der Waals surface area contributed by atoms with E-state index in [9.17, 15) is 8.42 Å². The summed E-state index contributed by atoms with van der Waals surface area (Å²) >= 11 is 0. The molecule has 1 aliphatic heterocycles. The predicted octanol–water partition coefficient (Wildman–Crippen LogP) is 0.457. The molecule has 1 fully saturated rings. The van der Waals surface area contributed by atoms with Crippen LogP contribution in [0.25, 0.3) is 0 Å². The van der Waals surface area contributed by atoms with Crippen molar-refractivity contribution in [3.8, 4) is 0 Å². The van der Waals surface area contributed by atoms with Gasteiger partial charge >= 0.3 is 0 Å². The molecule has 0 aromatic heterocycles. The van der Waals surface area contributed by atoms with Crippen molar-refractivity contribution in [2.24, 2.45) is 0 Å². The average molecular weight is 287 g/mol. The Morgan fingerprint density at radius 3 is 2.41 bits per heavy atom. The van der Waals surface area contributed by atoms with Crippen molar-refractivity contribution in [1.82, 2.24) is 9.62 Å². The standard InChI is InChI=1S/C10H22N2O3S.ClH/c1-9(15-3)8-16(13,14)12(2)10-4-6-11-7-5-10;/h9-11H,4-8H2,1-3H3;1H. The number of ether oxygens (including phenoxy) is 1. The normalized spacial score (nSPS) is 20.0. The lowest BCUT2D eigenvalue weighted by atomic mass is 10.1. The molecular weight excluding hydrogens is 264 g/mol. The number of halogens is 1. The molecule has 7 heteroatoms. The van der Waals surface area contributed by atoms with Crippen LogP contribution in [0.15, 0.2) is 0 Å². The van der Waals surface area contributed by atoms with Crippen LogP contribution in [0.3, 0.4) is 0 Å². The zero-order valence-electron chi connectivity index (χ0n) is 10.7. The third-order valence-corrected chi connectivity index (χ3v) is 5.18. The molecule has 0 spiro atoms. The first-order valence-corrected chi connectivity index (χ1v) is 7.27. The van der Waals surface area contributed by atoms with E-state index >= 15 is 0 Å². The van der Waals surface area contributed by atoms with Crippen LogP contribution in [-0.2, 0) is 14.8 Å². The lowest BCUT2D eigenvalue weighted by molar-refractivity contribution is 0.134. The minimum Gasteiger partial charge on any atom is -0.381 e. The summed E-state index contributed by atoms with van der Waals surface area (Å²) in [6.45, 7) is 3.56. The summed E-state index contributed by atoms with van der Waals surface area (Å²) in [6, 6.07) is 0.135. The lowest BCUT2D eigenvalue weighted by Crippen LogP contribution is -2.45. The molecule has 1 aliphatic rings. The van der Waals surface area contributed by atoms with Crippen molar-refractivity contribution in [2.75, 3.05) is 33.0 Å². The van der Waals surface area contributed by atoms with Gasteiger partial charge in [-0.2, -0.15) is 0 Å². The van der Waals surface area contributed by atoms with Crippen LogP contribution >= 0.6 is 12.4 Å². The maximum absolute atomic E-state index is 12.0. The van der Waals surface area contributed by atoms with Gasteiger partial charge in [-0.3, -0.25) is 0 Å². The van der Waals surface area contributed by atoms with E-state index in [0.717, 1.165) is 25.9 Å². The molecule has 0 aromatic rings. The van der Waals surface area contributed by atoms with Gasteiger partial charge in [0.25, 0.3) is 0 Å². The van der Waals surface area contributed by atoms with Gasteiger partial charge in [-0.05, 0) is 32.9 Å². The number of hydrogen-bond acceptors (Lipinski definition) is 4. The summed E-state index contributed by atoms with van der Waals surface area (Å²) in [7, 11) is 0.0161. The van der Waals surface area contributed by atoms with Crippen molar-refractivity contribution >= 4 is 22.4 Å². The van der Waals surface area contributed by atoms with E-state index in [-0.39, 0.29) is 30.3 Å². The molecule has 0 aromatic carbocycles. The molecule has 0 bridgehead atoms. The van der Waals surface area contributed by atoms with E-state index < -0.39 is 10.0 Å². The largest absolute Gasteiger partial charge is 0.381 e. The average Bonchev–Trinajstić information content (AvgIpc) is 2.28. The van der Waals surface area contributed by atoms with E-state index in [4.69, 9.17) is 4.74 Å². The number of nitrogens with zero attached hydrogens (tertiary/aromatic N) is 1. The molecule has 1 N–H and O–H groups in total. The van der Waals surface area contributed by atoms with Crippen LogP contribution in [0.4, 0.5) is 0 Å². The number of nitrogens with one attached hydrogen (secondary N) is 1. The highest BCUT2D eigenvalue weighted by Crippen LogP contribution is 2.15. The number of sulfonamides is 1. The lowest BCUT2D eigenvalue weighted by Gasteiger charge is -2.31. The van der Waals surface area contributed by atoms with Gasteiger partial charge in [0.15, 0.2) is 0 Å². The quantitative estimate of drug-likeness (QED) is 0.798. The third kappa shape index (κ3) is 5.09. The number of hydrogen-bond donors (Lipinski definition) is 1. The van der Waals surface area contributed by atoms with E-state index in [1.54, 1.807) is 14.0 Å². The van der Waals surface area contributed by atoms with Gasteiger partial charge < -0.3 is 10.1 Å². The SMILES string of the molecule is COC(C)CS(=O)(=O)N(C)C1CCNCC1.Cl. The third-order valence-electron chi connectivity index (χ3n) is 3.11. The van der Waals surface area contributed by atoms with E-state index in [2.05, 4.69) is 5.32 Å². The van der Waals surface area contributed by atoms with Gasteiger partial charge in [0.1, 0.15) is 0 Å². The van der Waals surface area contributed by atoms with Crippen LogP contribution in [0.1, 0.15) is 19.8 Å². The Kier molecular flexibility index (Phi) is 7.58. The highest BCUT2D eigenvalue weighted by Gasteiger charge is 2.28. The van der Waals surface area contributed by atoms with Gasteiger partial charge in [0.05, 0.1) is 11.9 Å². The zero-order chi connectivity index (χ0) is 12.2. The van der Waals surface area contributed by atoms with Gasteiger partial charge in [-0.25, -0.2) is 12.7 Å². The Balaban J connectivity index is 0.00000256. The monoisotopic (exact) mass is 286 g/mol. The first kappa shape index (κ1) is 17.1. The van der Waals surface area contributed by atoms with E-state index in [1.807, 2.05) is 0 Å². The Labute approximate surface area is 110 Å². The van der Waals surface area contributed by atoms with Gasteiger partial charge in [0.2, 0.25) is 10.0 Å². The van der Waals surface area contributed by atoms with Crippen molar-refractivity contribution in [1.29, 1.82) is 0 Å². The Morgan fingerprint density at radius 2 is 1.94 bits per heavy atom. The van der Waals surface area contributed by atoms with Crippen LogP contribution in [0, 0.1) is 0 Å². The van der Waals surface area contributed by atoms with Crippen LogP contribution in [-0.4, -0.2) is 57.9 Å². The summed E-state index contributed by atoms with van der Waals surface area (Å²) < 4.78 is 30.6. The molecule has 0 amide bonds. The van der Waals surface area contributed by atoms with Crippen LogP contribution < -0.4 is 5.32 Å². The highest BCUT2D eigenvalue weighted by molar-refractivity contribution is 7.89. The fourth-order valence-electron chi connectivity index (χ4n) is 1.88. The van der Waals surface area contributed by atoms with Gasteiger partial charge in [0, 0.05) is 20.2 Å². The van der Waals surface area contributed by atoms with Crippen molar-refractivity contribution in [3.05, 3.63) is 0 Å². The molecule has 5 nitrogen and oxygen atoms in total. The first-order chi connectivity index (χ1) is 7.47. The van der Waals surface area contributed by atoms with E-state index in [1.165, 1.54) is 11.4 Å². The summed E-state index contributed by atoms with van der Waals surface area (Å²) in [5.41, 5.74) is 0. The topological polar surface area (TPSA) is 58.6 Å². The summed E-state index contributed by atoms with van der Waals surface area (Å²) in [5.74, 6) is 0.0595. The molecule has 1 rings (SSSR count). The predicted molar refractivity (Wildman–Crippen MR) is 71.2 cm³/mol. The Hall–Kier alpha value is 0.120. The van der Waals surface area contributed by atoms with Crippen molar-refractivity contribution in [2.45, 2.75) is 31.9 Å². The molecule has 0 aliphatic carbocycles. The molecule has 1 unspecified atom stereocenters. The minimum atomic E-state index is -3.19. The second-order valence-electron chi connectivity index (χ2n) is 4.32. The molecule has 1 atom stereocenters. The summed E-state index contributed by atoms with van der Waals surface area (Å²) in [6.07, 6.45) is 1.52. The molecule has 17 heavy (non-hydrogen) atoms. The maximum Gasteiger partial charge on any atom is 0.216 e. The Bertz CT molecular complexity index is 305. The molecule has 1 saturated heterocycles. The molecular formula is C10H23ClN2O3S. The summed E-state index contributed by atoms with van der Waals surface area (Å²) in [4.78, 5) is 0. The zero-order valence-corrected chi connectivity index (χ0v) is 12.3. The maximum atomic E-state index is 12.0. The Morgan fingerprint density at radius 1 is 1.41 bits per heavy atom. The smallest absolute Gasteiger partial charge is 0.216 e. The second-order valence-corrected chi connectivity index (χ2v) is 6.40. The summed E-state index contributed by atoms with van der Waals surface area (Å²) in [5, 5.41) is 3.23. The minimum absolute atomic E-state index is 0. The van der Waals surface area contributed by atoms with Gasteiger partial charge in [-0.15, -0.1) is 12.4 Å². The number of piperidine rings is 1. The second kappa shape index (κ2) is 7.53. The molecule has 0 saturated carbocycles. The molecule has 104 valence electrons. The van der Waals surface area contributed by atoms with Crippen molar-refractivity contribution in [3.63, 3.8) is 0 Å². The van der Waals surface area contributed by atoms with Crippen molar-refractivity contribution < 1.29 is 13.2 Å². The van der Waals surface area contributed by atoms with E-state index in [0.29, 0.717) is 0 Å². The molecule has 1 heterocycles.